The number of halogens is 2. The van der Waals surface area contributed by atoms with E-state index in [2.05, 4.69) is 4.74 Å². The molecule has 0 heterocycles. The summed E-state index contributed by atoms with van der Waals surface area (Å²) in [6.45, 7) is -0.711. The number of ether oxygens (including phenoxy) is 1. The van der Waals surface area contributed by atoms with Crippen LogP contribution in [0.2, 0.25) is 0 Å². The molecule has 0 aliphatic rings. The molecule has 0 unspecified atom stereocenters. The normalized spacial score (nSPS) is 7.86. The second-order valence-corrected chi connectivity index (χ2v) is 0.703. The third-order valence-corrected chi connectivity index (χ3v) is 0.247. The Kier molecular flexibility index (Phi) is 3.22. The first-order valence-electron chi connectivity index (χ1n) is 1.51. The molecule has 0 bridgehead atoms. The Balaban J connectivity index is 3.08. The first-order chi connectivity index (χ1) is 3.27. The van der Waals surface area contributed by atoms with Crippen LogP contribution in [0, 0.1) is 0 Å². The average Bonchev–Trinajstić information content (AvgIpc) is 1.61. The Morgan fingerprint density at radius 2 is 2.29 bits per heavy atom. The van der Waals surface area contributed by atoms with Crippen molar-refractivity contribution in [1.29, 1.82) is 0 Å². The zero-order valence-electron chi connectivity index (χ0n) is 3.40. The van der Waals surface area contributed by atoms with Gasteiger partial charge in [0.2, 0.25) is 0 Å². The highest BCUT2D eigenvalue weighted by molar-refractivity contribution is 4.68. The maximum absolute atomic E-state index is 10.8. The van der Waals surface area contributed by atoms with Crippen molar-refractivity contribution in [1.82, 2.24) is 0 Å². The Bertz CT molecular complexity index is 67.3. The SMILES string of the molecule is OCOC=C(F)F. The van der Waals surface area contributed by atoms with Crippen molar-refractivity contribution in [3.8, 4) is 0 Å². The van der Waals surface area contributed by atoms with Crippen LogP contribution in [0.1, 0.15) is 0 Å². The Labute approximate surface area is 39.0 Å². The minimum Gasteiger partial charge on any atom is -0.470 e. The summed E-state index contributed by atoms with van der Waals surface area (Å²) >= 11 is 0. The van der Waals surface area contributed by atoms with E-state index in [1.807, 2.05) is 0 Å². The zero-order chi connectivity index (χ0) is 5.70. The quantitative estimate of drug-likeness (QED) is 0.418. The van der Waals surface area contributed by atoms with E-state index in [4.69, 9.17) is 5.11 Å². The highest BCUT2D eigenvalue weighted by Gasteiger charge is 1.82. The lowest BCUT2D eigenvalue weighted by molar-refractivity contribution is 0.0539. The van der Waals surface area contributed by atoms with Crippen molar-refractivity contribution in [3.63, 3.8) is 0 Å². The van der Waals surface area contributed by atoms with Crippen molar-refractivity contribution in [2.24, 2.45) is 0 Å². The van der Waals surface area contributed by atoms with Gasteiger partial charge in [-0.05, 0) is 0 Å². The molecule has 0 rings (SSSR count). The Morgan fingerprint density at radius 1 is 1.71 bits per heavy atom. The standard InChI is InChI=1S/C3H4F2O2/c4-3(5)1-7-2-6/h1,6H,2H2. The van der Waals surface area contributed by atoms with Crippen molar-refractivity contribution in [2.45, 2.75) is 0 Å². The van der Waals surface area contributed by atoms with Crippen LogP contribution in [0.5, 0.6) is 0 Å². The van der Waals surface area contributed by atoms with Gasteiger partial charge >= 0.3 is 6.08 Å². The van der Waals surface area contributed by atoms with E-state index in [1.54, 1.807) is 0 Å². The highest BCUT2D eigenvalue weighted by atomic mass is 19.3. The molecule has 0 atom stereocenters. The lowest BCUT2D eigenvalue weighted by Crippen LogP contribution is -1.80. The van der Waals surface area contributed by atoms with Crippen LogP contribution < -0.4 is 0 Å². The van der Waals surface area contributed by atoms with Gasteiger partial charge in [-0.2, -0.15) is 8.78 Å². The summed E-state index contributed by atoms with van der Waals surface area (Å²) in [4.78, 5) is 0. The van der Waals surface area contributed by atoms with Gasteiger partial charge in [-0.3, -0.25) is 0 Å². The third kappa shape index (κ3) is 5.36. The molecule has 1 N–H and O–H groups in total. The summed E-state index contributed by atoms with van der Waals surface area (Å²) in [5.41, 5.74) is 0. The topological polar surface area (TPSA) is 29.5 Å². The molecule has 0 aromatic carbocycles. The van der Waals surface area contributed by atoms with E-state index in [0.717, 1.165) is 0 Å². The molecule has 0 aliphatic carbocycles. The van der Waals surface area contributed by atoms with Gasteiger partial charge in [0.1, 0.15) is 0 Å². The summed E-state index contributed by atoms with van der Waals surface area (Å²) in [5.74, 6) is 0. The molecule has 0 aliphatic heterocycles. The third-order valence-electron chi connectivity index (χ3n) is 0.247. The van der Waals surface area contributed by atoms with Crippen molar-refractivity contribution in [3.05, 3.63) is 12.3 Å². The molecular weight excluding hydrogens is 106 g/mol. The minimum absolute atomic E-state index is 0.181. The van der Waals surface area contributed by atoms with Gasteiger partial charge in [-0.25, -0.2) is 0 Å². The first-order valence-corrected chi connectivity index (χ1v) is 1.51. The predicted molar refractivity (Wildman–Crippen MR) is 18.5 cm³/mol. The van der Waals surface area contributed by atoms with E-state index >= 15 is 0 Å². The highest BCUT2D eigenvalue weighted by Crippen LogP contribution is 1.94. The summed E-state index contributed by atoms with van der Waals surface area (Å²) in [7, 11) is 0. The van der Waals surface area contributed by atoms with Crippen LogP contribution in [0.15, 0.2) is 12.3 Å². The van der Waals surface area contributed by atoms with Crippen LogP contribution in [-0.4, -0.2) is 11.9 Å². The van der Waals surface area contributed by atoms with Gasteiger partial charge in [-0.15, -0.1) is 0 Å². The van der Waals surface area contributed by atoms with Gasteiger partial charge in [0, 0.05) is 0 Å². The lowest BCUT2D eigenvalue weighted by Gasteiger charge is -1.86. The molecule has 0 saturated carbocycles. The number of aliphatic hydroxyl groups excluding tert-OH is 1. The van der Waals surface area contributed by atoms with E-state index in [0.29, 0.717) is 0 Å². The Hall–Kier alpha value is -0.640. The van der Waals surface area contributed by atoms with E-state index in [-0.39, 0.29) is 6.26 Å². The van der Waals surface area contributed by atoms with Gasteiger partial charge in [0.05, 0.1) is 0 Å². The largest absolute Gasteiger partial charge is 0.470 e. The van der Waals surface area contributed by atoms with E-state index in [9.17, 15) is 8.78 Å². The van der Waals surface area contributed by atoms with Gasteiger partial charge in [-0.1, -0.05) is 0 Å². The van der Waals surface area contributed by atoms with Gasteiger partial charge < -0.3 is 9.84 Å². The predicted octanol–water partition coefficient (Wildman–Crippen LogP) is 0.691. The summed E-state index contributed by atoms with van der Waals surface area (Å²) < 4.78 is 25.4. The molecule has 0 saturated heterocycles. The number of hydrogen-bond acceptors (Lipinski definition) is 2. The molecule has 0 radical (unpaired) electrons. The average molecular weight is 110 g/mol. The van der Waals surface area contributed by atoms with Crippen molar-refractivity contribution < 1.29 is 18.6 Å². The summed E-state index contributed by atoms with van der Waals surface area (Å²) in [5, 5.41) is 7.72. The Morgan fingerprint density at radius 3 is 2.43 bits per heavy atom. The molecule has 7 heavy (non-hydrogen) atoms. The van der Waals surface area contributed by atoms with Crippen LogP contribution in [0.4, 0.5) is 8.78 Å². The molecule has 0 amide bonds. The van der Waals surface area contributed by atoms with Crippen LogP contribution >= 0.6 is 0 Å². The van der Waals surface area contributed by atoms with E-state index in [1.165, 1.54) is 0 Å². The molecule has 0 fully saturated rings. The lowest BCUT2D eigenvalue weighted by atomic mass is 11.0. The zero-order valence-corrected chi connectivity index (χ0v) is 3.40. The smallest absolute Gasteiger partial charge is 0.304 e. The molecule has 0 aromatic rings. The fraction of sp³-hybridized carbons (Fsp3) is 0.333. The maximum atomic E-state index is 10.8. The second-order valence-electron chi connectivity index (χ2n) is 0.703. The van der Waals surface area contributed by atoms with Crippen LogP contribution in [0.25, 0.3) is 0 Å². The molecule has 0 spiro atoms. The number of hydrogen-bond donors (Lipinski definition) is 1. The van der Waals surface area contributed by atoms with Crippen molar-refractivity contribution in [2.75, 3.05) is 6.79 Å². The van der Waals surface area contributed by atoms with Gasteiger partial charge in [0.15, 0.2) is 13.1 Å². The number of rotatable bonds is 2. The summed E-state index contributed by atoms with van der Waals surface area (Å²) in [6, 6.07) is 0. The number of aliphatic hydroxyl groups is 1. The molecule has 2 nitrogen and oxygen atoms in total. The fourth-order valence-electron chi connectivity index (χ4n) is 0.100. The van der Waals surface area contributed by atoms with Crippen LogP contribution in [0.3, 0.4) is 0 Å². The van der Waals surface area contributed by atoms with Crippen molar-refractivity contribution >= 4 is 0 Å². The monoisotopic (exact) mass is 110 g/mol. The second kappa shape index (κ2) is 3.55. The fourth-order valence-corrected chi connectivity index (χ4v) is 0.100. The van der Waals surface area contributed by atoms with Crippen LogP contribution in [-0.2, 0) is 4.74 Å². The van der Waals surface area contributed by atoms with Gasteiger partial charge in [0.25, 0.3) is 0 Å². The summed E-state index contributed by atoms with van der Waals surface area (Å²) in [6.07, 6.45) is -1.77. The molecule has 4 heteroatoms. The molecular formula is C3H4F2O2. The molecule has 0 aromatic heterocycles. The molecule has 42 valence electrons. The minimum atomic E-state index is -1.95. The van der Waals surface area contributed by atoms with E-state index < -0.39 is 12.9 Å². The first kappa shape index (κ1) is 6.36. The maximum Gasteiger partial charge on any atom is 0.304 e.